The van der Waals surface area contributed by atoms with Crippen LogP contribution in [-0.4, -0.2) is 21.3 Å². The van der Waals surface area contributed by atoms with Gasteiger partial charge in [0.25, 0.3) is 0 Å². The second-order valence-corrected chi connectivity index (χ2v) is 2.90. The van der Waals surface area contributed by atoms with E-state index in [-0.39, 0.29) is 7.12 Å². The Labute approximate surface area is 80.0 Å². The molecule has 1 aromatic carbocycles. The van der Waals surface area contributed by atoms with E-state index in [9.17, 15) is 0 Å². The van der Waals surface area contributed by atoms with Crippen LogP contribution in [0.5, 0.6) is 0 Å². The van der Waals surface area contributed by atoms with Crippen molar-refractivity contribution in [1.29, 1.82) is 0 Å². The van der Waals surface area contributed by atoms with Gasteiger partial charge >= 0.3 is 7.12 Å². The molecule has 1 aromatic rings. The summed E-state index contributed by atoms with van der Waals surface area (Å²) in [5.74, 6) is 0. The molecule has 0 spiro atoms. The van der Waals surface area contributed by atoms with E-state index in [1.807, 2.05) is 12.1 Å². The number of hydrogen-bond donors (Lipinski definition) is 0. The number of aryl methyl sites for hydroxylation is 1. The molecule has 0 aromatic heterocycles. The Kier molecular flexibility index (Phi) is 3.99. The zero-order valence-corrected chi connectivity index (χ0v) is 8.41. The topological polar surface area (TPSA) is 18.5 Å². The number of hydrogen-bond acceptors (Lipinski definition) is 2. The Morgan fingerprint density at radius 3 is 2.00 bits per heavy atom. The minimum Gasteiger partial charge on any atom is -0.410 e. The maximum atomic E-state index is 5.14. The molecule has 1 rings (SSSR count). The Morgan fingerprint density at radius 2 is 1.62 bits per heavy atom. The molecule has 0 N–H and O–H groups in total. The average Bonchev–Trinajstić information content (AvgIpc) is 2.21. The molecule has 0 amide bonds. The summed E-state index contributed by atoms with van der Waals surface area (Å²) in [6.45, 7) is 2.14. The molecule has 0 aliphatic carbocycles. The van der Waals surface area contributed by atoms with Crippen LogP contribution in [0.4, 0.5) is 0 Å². The molecule has 0 aliphatic rings. The van der Waals surface area contributed by atoms with Crippen LogP contribution >= 0.6 is 0 Å². The zero-order chi connectivity index (χ0) is 9.68. The van der Waals surface area contributed by atoms with Crippen molar-refractivity contribution < 1.29 is 9.31 Å². The van der Waals surface area contributed by atoms with Crippen molar-refractivity contribution in [2.75, 3.05) is 14.2 Å². The van der Waals surface area contributed by atoms with Crippen molar-refractivity contribution in [3.63, 3.8) is 0 Å². The lowest BCUT2D eigenvalue weighted by Crippen LogP contribution is -2.34. The first-order chi connectivity index (χ1) is 6.31. The third-order valence-electron chi connectivity index (χ3n) is 2.09. The van der Waals surface area contributed by atoms with Crippen LogP contribution < -0.4 is 5.46 Å². The highest BCUT2D eigenvalue weighted by molar-refractivity contribution is 6.61. The highest BCUT2D eigenvalue weighted by Crippen LogP contribution is 1.98. The quantitative estimate of drug-likeness (QED) is 0.645. The Balaban J connectivity index is 2.78. The first-order valence-corrected chi connectivity index (χ1v) is 4.46. The second kappa shape index (κ2) is 5.05. The van der Waals surface area contributed by atoms with Crippen molar-refractivity contribution in [1.82, 2.24) is 0 Å². The fourth-order valence-corrected chi connectivity index (χ4v) is 1.28. The molecule has 70 valence electrons. The van der Waals surface area contributed by atoms with Gasteiger partial charge in [-0.1, -0.05) is 31.2 Å². The van der Waals surface area contributed by atoms with Crippen LogP contribution in [0.15, 0.2) is 24.3 Å². The van der Waals surface area contributed by atoms with Gasteiger partial charge in [0.2, 0.25) is 0 Å². The Morgan fingerprint density at radius 1 is 1.08 bits per heavy atom. The molecular formula is C10H15BO2. The van der Waals surface area contributed by atoms with Gasteiger partial charge in [0.05, 0.1) is 0 Å². The van der Waals surface area contributed by atoms with Crippen molar-refractivity contribution in [2.45, 2.75) is 13.3 Å². The van der Waals surface area contributed by atoms with Crippen molar-refractivity contribution in [3.8, 4) is 0 Å². The van der Waals surface area contributed by atoms with Gasteiger partial charge in [-0.05, 0) is 17.4 Å². The molecule has 0 fully saturated rings. The summed E-state index contributed by atoms with van der Waals surface area (Å²) in [5, 5.41) is 0. The average molecular weight is 178 g/mol. The van der Waals surface area contributed by atoms with Crippen LogP contribution in [0.25, 0.3) is 0 Å². The second-order valence-electron chi connectivity index (χ2n) is 2.90. The number of benzene rings is 1. The molecule has 0 unspecified atom stereocenters. The van der Waals surface area contributed by atoms with Gasteiger partial charge in [0.15, 0.2) is 0 Å². The standard InChI is InChI=1S/C10H15BO2/c1-4-9-5-7-10(8-6-9)11(12-2)13-3/h5-8H,4H2,1-3H3. The lowest BCUT2D eigenvalue weighted by Gasteiger charge is -2.08. The smallest absolute Gasteiger partial charge is 0.410 e. The third kappa shape index (κ3) is 2.57. The van der Waals surface area contributed by atoms with Gasteiger partial charge in [0, 0.05) is 14.2 Å². The molecule has 2 nitrogen and oxygen atoms in total. The molecule has 3 heteroatoms. The zero-order valence-electron chi connectivity index (χ0n) is 8.41. The molecule has 0 bridgehead atoms. The largest absolute Gasteiger partial charge is 0.493 e. The van der Waals surface area contributed by atoms with Gasteiger partial charge < -0.3 is 9.31 Å². The van der Waals surface area contributed by atoms with E-state index in [4.69, 9.17) is 9.31 Å². The molecular weight excluding hydrogens is 163 g/mol. The molecule has 13 heavy (non-hydrogen) atoms. The molecule has 0 heterocycles. The predicted octanol–water partition coefficient (Wildman–Crippen LogP) is 1.24. The SMILES string of the molecule is CCc1ccc(B(OC)OC)cc1. The molecule has 0 atom stereocenters. The third-order valence-corrected chi connectivity index (χ3v) is 2.09. The number of rotatable bonds is 4. The molecule has 0 saturated heterocycles. The Hall–Kier alpha value is -0.795. The summed E-state index contributed by atoms with van der Waals surface area (Å²) in [4.78, 5) is 0. The van der Waals surface area contributed by atoms with E-state index < -0.39 is 0 Å². The lowest BCUT2D eigenvalue weighted by atomic mass is 9.79. The Bertz CT molecular complexity index is 242. The molecule has 0 radical (unpaired) electrons. The monoisotopic (exact) mass is 178 g/mol. The van der Waals surface area contributed by atoms with Gasteiger partial charge in [-0.15, -0.1) is 0 Å². The van der Waals surface area contributed by atoms with Crippen molar-refractivity contribution in [3.05, 3.63) is 29.8 Å². The maximum absolute atomic E-state index is 5.14. The van der Waals surface area contributed by atoms with E-state index in [2.05, 4.69) is 19.1 Å². The summed E-state index contributed by atoms with van der Waals surface area (Å²) >= 11 is 0. The highest BCUT2D eigenvalue weighted by Gasteiger charge is 2.16. The first kappa shape index (κ1) is 10.3. The van der Waals surface area contributed by atoms with Crippen molar-refractivity contribution >= 4 is 12.6 Å². The normalized spacial score (nSPS) is 10.1. The van der Waals surface area contributed by atoms with Crippen LogP contribution in [-0.2, 0) is 15.7 Å². The summed E-state index contributed by atoms with van der Waals surface area (Å²) < 4.78 is 10.3. The summed E-state index contributed by atoms with van der Waals surface area (Å²) in [6, 6.07) is 8.27. The highest BCUT2D eigenvalue weighted by atomic mass is 16.6. The van der Waals surface area contributed by atoms with Crippen LogP contribution in [0.2, 0.25) is 0 Å². The van der Waals surface area contributed by atoms with E-state index >= 15 is 0 Å². The fourth-order valence-electron chi connectivity index (χ4n) is 1.28. The minimum absolute atomic E-state index is 0.245. The first-order valence-electron chi connectivity index (χ1n) is 4.46. The van der Waals surface area contributed by atoms with Crippen LogP contribution in [0.3, 0.4) is 0 Å². The van der Waals surface area contributed by atoms with Crippen LogP contribution in [0.1, 0.15) is 12.5 Å². The molecule has 0 aliphatic heterocycles. The van der Waals surface area contributed by atoms with Gasteiger partial charge in [-0.25, -0.2) is 0 Å². The van der Waals surface area contributed by atoms with E-state index in [1.54, 1.807) is 14.2 Å². The van der Waals surface area contributed by atoms with E-state index in [0.717, 1.165) is 11.9 Å². The fraction of sp³-hybridized carbons (Fsp3) is 0.400. The molecule has 0 saturated carbocycles. The van der Waals surface area contributed by atoms with Gasteiger partial charge in [-0.2, -0.15) is 0 Å². The summed E-state index contributed by atoms with van der Waals surface area (Å²) in [7, 11) is 3.04. The lowest BCUT2D eigenvalue weighted by molar-refractivity contribution is 0.292. The summed E-state index contributed by atoms with van der Waals surface area (Å²) in [6.07, 6.45) is 1.06. The minimum atomic E-state index is -0.245. The van der Waals surface area contributed by atoms with E-state index in [0.29, 0.717) is 0 Å². The van der Waals surface area contributed by atoms with Gasteiger partial charge in [0.1, 0.15) is 0 Å². The van der Waals surface area contributed by atoms with Crippen molar-refractivity contribution in [2.24, 2.45) is 0 Å². The summed E-state index contributed by atoms with van der Waals surface area (Å²) in [5.41, 5.74) is 2.39. The van der Waals surface area contributed by atoms with Gasteiger partial charge in [-0.3, -0.25) is 0 Å². The maximum Gasteiger partial charge on any atom is 0.493 e. The predicted molar refractivity (Wildman–Crippen MR) is 55.2 cm³/mol. The van der Waals surface area contributed by atoms with E-state index in [1.165, 1.54) is 5.56 Å². The van der Waals surface area contributed by atoms with Crippen LogP contribution in [0, 0.1) is 0 Å².